The van der Waals surface area contributed by atoms with E-state index in [9.17, 15) is 18.0 Å². The minimum atomic E-state index is -4.05. The molecule has 2 aromatic rings. The molecule has 164 valence electrons. The van der Waals surface area contributed by atoms with Crippen molar-refractivity contribution in [1.29, 1.82) is 0 Å². The van der Waals surface area contributed by atoms with Crippen LogP contribution in [-0.2, 0) is 26.2 Å². The monoisotopic (exact) mass is 463 g/mol. The number of nitrogens with zero attached hydrogens (tertiary/aromatic N) is 1. The lowest BCUT2D eigenvalue weighted by Crippen LogP contribution is -2.45. The van der Waals surface area contributed by atoms with E-state index in [4.69, 9.17) is 16.3 Å². The van der Waals surface area contributed by atoms with Gasteiger partial charge in [-0.25, -0.2) is 8.42 Å². The summed E-state index contributed by atoms with van der Waals surface area (Å²) < 4.78 is 33.2. The molecule has 1 fully saturated rings. The quantitative estimate of drug-likeness (QED) is 0.708. The standard InChI is InChI=1S/C21H22ClN3O5S/c1-13-4-2-5-14(8-13)11-23-21(27)17-6-3-7-25(17)31(28,29)19-10-18-16(9-15(19)22)24-20(26)12-30-18/h2,4-5,8-10,17H,3,6-7,11-12H2,1H3,(H,23,27)(H,24,26)/t17-/m1/s1. The topological polar surface area (TPSA) is 105 Å². The summed E-state index contributed by atoms with van der Waals surface area (Å²) in [5.41, 5.74) is 2.34. The van der Waals surface area contributed by atoms with Gasteiger partial charge in [-0.15, -0.1) is 0 Å². The molecule has 31 heavy (non-hydrogen) atoms. The zero-order chi connectivity index (χ0) is 22.2. The van der Waals surface area contributed by atoms with Crippen molar-refractivity contribution in [1.82, 2.24) is 9.62 Å². The van der Waals surface area contributed by atoms with Crippen molar-refractivity contribution < 1.29 is 22.7 Å². The van der Waals surface area contributed by atoms with Gasteiger partial charge in [0, 0.05) is 19.2 Å². The van der Waals surface area contributed by atoms with Crippen molar-refractivity contribution in [3.05, 3.63) is 52.5 Å². The average molecular weight is 464 g/mol. The summed E-state index contributed by atoms with van der Waals surface area (Å²) in [5.74, 6) is -0.466. The highest BCUT2D eigenvalue weighted by Gasteiger charge is 2.40. The van der Waals surface area contributed by atoms with E-state index in [1.807, 2.05) is 31.2 Å². The van der Waals surface area contributed by atoms with Crippen LogP contribution < -0.4 is 15.4 Å². The number of amides is 2. The Morgan fingerprint density at radius 2 is 2.13 bits per heavy atom. The van der Waals surface area contributed by atoms with E-state index in [2.05, 4.69) is 10.6 Å². The largest absolute Gasteiger partial charge is 0.482 e. The second kappa shape index (κ2) is 8.49. The molecule has 0 spiro atoms. The summed E-state index contributed by atoms with van der Waals surface area (Å²) in [7, 11) is -4.05. The summed E-state index contributed by atoms with van der Waals surface area (Å²) in [4.78, 5) is 24.2. The summed E-state index contributed by atoms with van der Waals surface area (Å²) in [6, 6.07) is 9.58. The van der Waals surface area contributed by atoms with Gasteiger partial charge in [-0.05, 0) is 31.4 Å². The predicted molar refractivity (Wildman–Crippen MR) is 116 cm³/mol. The number of aryl methyl sites for hydroxylation is 1. The van der Waals surface area contributed by atoms with Gasteiger partial charge in [0.05, 0.1) is 10.7 Å². The van der Waals surface area contributed by atoms with E-state index >= 15 is 0 Å². The number of rotatable bonds is 5. The zero-order valence-electron chi connectivity index (χ0n) is 16.9. The van der Waals surface area contributed by atoms with Gasteiger partial charge >= 0.3 is 0 Å². The molecule has 10 heteroatoms. The number of nitrogens with one attached hydrogen (secondary N) is 2. The number of hydrogen-bond acceptors (Lipinski definition) is 5. The number of fused-ring (bicyclic) bond motifs is 1. The Hall–Kier alpha value is -2.62. The van der Waals surface area contributed by atoms with Gasteiger partial charge in [0.15, 0.2) is 6.61 Å². The molecule has 0 unspecified atom stereocenters. The molecule has 0 aliphatic carbocycles. The number of benzene rings is 2. The number of ether oxygens (including phenoxy) is 1. The first-order chi connectivity index (χ1) is 14.8. The minimum Gasteiger partial charge on any atom is -0.482 e. The fraction of sp³-hybridized carbons (Fsp3) is 0.333. The molecule has 0 saturated carbocycles. The van der Waals surface area contributed by atoms with Crippen LogP contribution >= 0.6 is 11.6 Å². The third-order valence-corrected chi connectivity index (χ3v) is 7.68. The number of sulfonamides is 1. The molecule has 1 saturated heterocycles. The summed E-state index contributed by atoms with van der Waals surface area (Å²) >= 11 is 6.24. The molecule has 4 rings (SSSR count). The maximum Gasteiger partial charge on any atom is 0.262 e. The first kappa shape index (κ1) is 21.6. The van der Waals surface area contributed by atoms with Gasteiger partial charge in [-0.3, -0.25) is 9.59 Å². The lowest BCUT2D eigenvalue weighted by atomic mass is 10.1. The van der Waals surface area contributed by atoms with Crippen molar-refractivity contribution in [2.45, 2.75) is 37.2 Å². The van der Waals surface area contributed by atoms with Crippen LogP contribution in [0.3, 0.4) is 0 Å². The van der Waals surface area contributed by atoms with Gasteiger partial charge < -0.3 is 15.4 Å². The van der Waals surface area contributed by atoms with Gasteiger partial charge in [0.1, 0.15) is 16.7 Å². The fourth-order valence-electron chi connectivity index (χ4n) is 3.82. The first-order valence-corrected chi connectivity index (χ1v) is 11.7. The van der Waals surface area contributed by atoms with Crippen LogP contribution in [0, 0.1) is 6.92 Å². The second-order valence-electron chi connectivity index (χ2n) is 7.60. The van der Waals surface area contributed by atoms with Crippen molar-refractivity contribution in [2.24, 2.45) is 0 Å². The Morgan fingerprint density at radius 1 is 1.32 bits per heavy atom. The van der Waals surface area contributed by atoms with Crippen molar-refractivity contribution in [2.75, 3.05) is 18.5 Å². The van der Waals surface area contributed by atoms with Crippen LogP contribution in [-0.4, -0.2) is 43.7 Å². The maximum atomic E-state index is 13.4. The molecule has 2 aromatic carbocycles. The summed E-state index contributed by atoms with van der Waals surface area (Å²) in [6.45, 7) is 2.30. The van der Waals surface area contributed by atoms with Crippen LogP contribution in [0.4, 0.5) is 5.69 Å². The molecular formula is C21H22ClN3O5S. The molecule has 0 aromatic heterocycles. The number of halogens is 1. The average Bonchev–Trinajstić information content (AvgIpc) is 3.22. The first-order valence-electron chi connectivity index (χ1n) is 9.87. The van der Waals surface area contributed by atoms with E-state index in [0.717, 1.165) is 11.1 Å². The Bertz CT molecular complexity index is 1150. The third-order valence-electron chi connectivity index (χ3n) is 5.31. The second-order valence-corrected chi connectivity index (χ2v) is 9.86. The van der Waals surface area contributed by atoms with Gasteiger partial charge in [-0.2, -0.15) is 4.31 Å². The highest BCUT2D eigenvalue weighted by atomic mass is 35.5. The Labute approximate surface area is 185 Å². The SMILES string of the molecule is Cc1cccc(CNC(=O)[C@H]2CCCN2S(=O)(=O)c2cc3c(cc2Cl)NC(=O)CO3)c1. The van der Waals surface area contributed by atoms with E-state index in [-0.39, 0.29) is 40.6 Å². The van der Waals surface area contributed by atoms with E-state index in [1.54, 1.807) is 0 Å². The molecule has 2 heterocycles. The molecule has 2 aliphatic heterocycles. The van der Waals surface area contributed by atoms with Crippen LogP contribution in [0.25, 0.3) is 0 Å². The lowest BCUT2D eigenvalue weighted by Gasteiger charge is -2.25. The van der Waals surface area contributed by atoms with Crippen LogP contribution in [0.15, 0.2) is 41.3 Å². The van der Waals surface area contributed by atoms with Crippen molar-refractivity contribution >= 4 is 39.1 Å². The molecule has 2 N–H and O–H groups in total. The highest BCUT2D eigenvalue weighted by Crippen LogP contribution is 2.38. The molecule has 2 amide bonds. The van der Waals surface area contributed by atoms with Crippen molar-refractivity contribution in [3.8, 4) is 5.75 Å². The van der Waals surface area contributed by atoms with E-state index in [1.165, 1.54) is 16.4 Å². The Balaban J connectivity index is 1.55. The van der Waals surface area contributed by atoms with Gasteiger partial charge in [-0.1, -0.05) is 41.4 Å². The Kier molecular flexibility index (Phi) is 5.92. The fourth-order valence-corrected chi connectivity index (χ4v) is 6.00. The molecule has 0 radical (unpaired) electrons. The smallest absolute Gasteiger partial charge is 0.262 e. The molecule has 2 aliphatic rings. The molecule has 8 nitrogen and oxygen atoms in total. The number of carbonyl (C=O) groups excluding carboxylic acids is 2. The lowest BCUT2D eigenvalue weighted by molar-refractivity contribution is -0.124. The van der Waals surface area contributed by atoms with E-state index in [0.29, 0.717) is 25.1 Å². The van der Waals surface area contributed by atoms with Gasteiger partial charge in [0.2, 0.25) is 15.9 Å². The van der Waals surface area contributed by atoms with Crippen LogP contribution in [0.5, 0.6) is 5.75 Å². The van der Waals surface area contributed by atoms with Crippen LogP contribution in [0.1, 0.15) is 24.0 Å². The summed E-state index contributed by atoms with van der Waals surface area (Å²) in [5, 5.41) is 5.39. The highest BCUT2D eigenvalue weighted by molar-refractivity contribution is 7.89. The van der Waals surface area contributed by atoms with Gasteiger partial charge in [0.25, 0.3) is 5.91 Å². The zero-order valence-corrected chi connectivity index (χ0v) is 18.4. The molecule has 0 bridgehead atoms. The number of anilines is 1. The normalized spacial score (nSPS) is 18.8. The third kappa shape index (κ3) is 4.39. The van der Waals surface area contributed by atoms with Crippen molar-refractivity contribution in [3.63, 3.8) is 0 Å². The number of carbonyl (C=O) groups is 2. The molecular weight excluding hydrogens is 442 g/mol. The molecule has 1 atom stereocenters. The number of hydrogen-bond donors (Lipinski definition) is 2. The Morgan fingerprint density at radius 3 is 2.90 bits per heavy atom. The minimum absolute atomic E-state index is 0.0460. The van der Waals surface area contributed by atoms with Crippen LogP contribution in [0.2, 0.25) is 5.02 Å². The predicted octanol–water partition coefficient (Wildman–Crippen LogP) is 2.45. The maximum absolute atomic E-state index is 13.4. The van der Waals surface area contributed by atoms with E-state index < -0.39 is 16.1 Å². The summed E-state index contributed by atoms with van der Waals surface area (Å²) in [6.07, 6.45) is 0.991.